The van der Waals surface area contributed by atoms with Gasteiger partial charge in [0.15, 0.2) is 0 Å². The standard InChI is InChI=1S/C12H22O.C5H12/c1-12(2,3)13-11-9-7-5-4-6-8-10-11;1-5(2,3)4/h7,9,11H,4-6,8,10H2,1-3H3;1-4H3/b9-7+;. The average Bonchev–Trinajstić information content (AvgIpc) is 2.04. The lowest BCUT2D eigenvalue weighted by atomic mass is 10.0. The molecule has 0 saturated carbocycles. The normalized spacial score (nSPS) is 23.4. The van der Waals surface area contributed by atoms with Gasteiger partial charge in [-0.05, 0) is 45.4 Å². The Morgan fingerprint density at radius 2 is 1.44 bits per heavy atom. The molecular formula is C17H34O. The lowest BCUT2D eigenvalue weighted by molar-refractivity contribution is -0.0421. The van der Waals surface area contributed by atoms with Gasteiger partial charge in [0.25, 0.3) is 0 Å². The van der Waals surface area contributed by atoms with Crippen molar-refractivity contribution in [2.24, 2.45) is 5.41 Å². The Morgan fingerprint density at radius 1 is 0.889 bits per heavy atom. The first-order valence-electron chi connectivity index (χ1n) is 7.42. The van der Waals surface area contributed by atoms with Crippen molar-refractivity contribution in [1.29, 1.82) is 0 Å². The van der Waals surface area contributed by atoms with Gasteiger partial charge < -0.3 is 4.74 Å². The Kier molecular flexibility index (Phi) is 7.86. The Hall–Kier alpha value is -0.300. The van der Waals surface area contributed by atoms with Gasteiger partial charge in [-0.2, -0.15) is 0 Å². The largest absolute Gasteiger partial charge is 0.369 e. The lowest BCUT2D eigenvalue weighted by Gasteiger charge is -2.26. The molecule has 1 unspecified atom stereocenters. The third-order valence-electron chi connectivity index (χ3n) is 2.22. The number of hydrogen-bond donors (Lipinski definition) is 0. The minimum absolute atomic E-state index is 0.00575. The zero-order valence-electron chi connectivity index (χ0n) is 13.7. The van der Waals surface area contributed by atoms with Gasteiger partial charge in [0, 0.05) is 0 Å². The first-order valence-corrected chi connectivity index (χ1v) is 7.42. The molecule has 0 amide bonds. The van der Waals surface area contributed by atoms with E-state index in [-0.39, 0.29) is 5.60 Å². The first kappa shape index (κ1) is 17.7. The average molecular weight is 254 g/mol. The van der Waals surface area contributed by atoms with Crippen LogP contribution in [0.2, 0.25) is 0 Å². The molecule has 0 aromatic rings. The summed E-state index contributed by atoms with van der Waals surface area (Å²) in [7, 11) is 0. The van der Waals surface area contributed by atoms with Crippen LogP contribution in [-0.4, -0.2) is 11.7 Å². The molecule has 1 rings (SSSR count). The smallest absolute Gasteiger partial charge is 0.0762 e. The van der Waals surface area contributed by atoms with Crippen LogP contribution < -0.4 is 0 Å². The summed E-state index contributed by atoms with van der Waals surface area (Å²) in [5, 5.41) is 0. The second kappa shape index (κ2) is 7.99. The van der Waals surface area contributed by atoms with Gasteiger partial charge in [-0.25, -0.2) is 0 Å². The molecule has 0 saturated heterocycles. The van der Waals surface area contributed by atoms with E-state index >= 15 is 0 Å². The van der Waals surface area contributed by atoms with Crippen LogP contribution in [-0.2, 0) is 4.74 Å². The van der Waals surface area contributed by atoms with Crippen molar-refractivity contribution in [2.45, 2.75) is 92.3 Å². The van der Waals surface area contributed by atoms with Crippen LogP contribution in [0, 0.1) is 5.41 Å². The second-order valence-corrected chi connectivity index (χ2v) is 7.83. The van der Waals surface area contributed by atoms with E-state index in [1.165, 1.54) is 32.1 Å². The summed E-state index contributed by atoms with van der Waals surface area (Å²) in [6.45, 7) is 15.1. The van der Waals surface area contributed by atoms with E-state index in [2.05, 4.69) is 60.6 Å². The van der Waals surface area contributed by atoms with Crippen LogP contribution in [0.4, 0.5) is 0 Å². The van der Waals surface area contributed by atoms with E-state index in [1.54, 1.807) is 0 Å². The summed E-state index contributed by atoms with van der Waals surface area (Å²) in [6.07, 6.45) is 11.3. The van der Waals surface area contributed by atoms with E-state index in [1.807, 2.05) is 0 Å². The van der Waals surface area contributed by atoms with E-state index in [0.717, 1.165) is 0 Å². The maximum absolute atomic E-state index is 5.93. The topological polar surface area (TPSA) is 9.23 Å². The molecule has 0 heterocycles. The second-order valence-electron chi connectivity index (χ2n) is 7.83. The molecule has 0 spiro atoms. The first-order chi connectivity index (χ1) is 8.08. The predicted octanol–water partition coefficient (Wildman–Crippen LogP) is 5.74. The fourth-order valence-corrected chi connectivity index (χ4v) is 1.68. The van der Waals surface area contributed by atoms with Gasteiger partial charge in [-0.1, -0.05) is 52.7 Å². The fourth-order valence-electron chi connectivity index (χ4n) is 1.68. The SMILES string of the molecule is CC(C)(C)C.CC(C)(C)OC1/C=C/CCCCC1. The Labute approximate surface area is 115 Å². The highest BCUT2D eigenvalue weighted by Gasteiger charge is 2.16. The van der Waals surface area contributed by atoms with E-state index in [9.17, 15) is 0 Å². The third kappa shape index (κ3) is 15.7. The number of allylic oxidation sites excluding steroid dienone is 1. The summed E-state index contributed by atoms with van der Waals surface area (Å²) in [4.78, 5) is 0. The summed E-state index contributed by atoms with van der Waals surface area (Å²) in [5.74, 6) is 0. The maximum Gasteiger partial charge on any atom is 0.0762 e. The summed E-state index contributed by atoms with van der Waals surface area (Å²) < 4.78 is 5.93. The molecule has 1 aliphatic carbocycles. The van der Waals surface area contributed by atoms with Gasteiger partial charge >= 0.3 is 0 Å². The number of rotatable bonds is 1. The monoisotopic (exact) mass is 254 g/mol. The lowest BCUT2D eigenvalue weighted by Crippen LogP contribution is -2.26. The van der Waals surface area contributed by atoms with Crippen LogP contribution in [0.1, 0.15) is 80.6 Å². The third-order valence-corrected chi connectivity index (χ3v) is 2.22. The van der Waals surface area contributed by atoms with E-state index in [4.69, 9.17) is 4.74 Å². The van der Waals surface area contributed by atoms with Crippen molar-refractivity contribution in [2.75, 3.05) is 0 Å². The highest BCUT2D eigenvalue weighted by atomic mass is 16.5. The molecule has 1 aliphatic rings. The summed E-state index contributed by atoms with van der Waals surface area (Å²) in [6, 6.07) is 0. The van der Waals surface area contributed by atoms with Gasteiger partial charge in [-0.15, -0.1) is 0 Å². The van der Waals surface area contributed by atoms with Crippen molar-refractivity contribution < 1.29 is 4.74 Å². The van der Waals surface area contributed by atoms with Crippen molar-refractivity contribution in [3.05, 3.63) is 12.2 Å². The van der Waals surface area contributed by atoms with Crippen LogP contribution in [0.25, 0.3) is 0 Å². The predicted molar refractivity (Wildman–Crippen MR) is 82.0 cm³/mol. The molecule has 0 bridgehead atoms. The molecule has 1 heteroatoms. The molecule has 0 aromatic heterocycles. The molecule has 0 fully saturated rings. The van der Waals surface area contributed by atoms with Crippen LogP contribution in [0.5, 0.6) is 0 Å². The van der Waals surface area contributed by atoms with Gasteiger partial charge in [-0.3, -0.25) is 0 Å². The molecule has 1 nitrogen and oxygen atoms in total. The number of ether oxygens (including phenoxy) is 1. The minimum atomic E-state index is -0.00575. The van der Waals surface area contributed by atoms with Gasteiger partial charge in [0.1, 0.15) is 0 Å². The quantitative estimate of drug-likeness (QED) is 0.542. The maximum atomic E-state index is 5.93. The van der Waals surface area contributed by atoms with Gasteiger partial charge in [0.05, 0.1) is 11.7 Å². The number of hydrogen-bond acceptors (Lipinski definition) is 1. The summed E-state index contributed by atoms with van der Waals surface area (Å²) >= 11 is 0. The van der Waals surface area contributed by atoms with Crippen LogP contribution in [0.15, 0.2) is 12.2 Å². The van der Waals surface area contributed by atoms with Crippen LogP contribution in [0.3, 0.4) is 0 Å². The molecule has 108 valence electrons. The molecule has 1 atom stereocenters. The summed E-state index contributed by atoms with van der Waals surface area (Å²) in [5.41, 5.74) is 0.494. The van der Waals surface area contributed by atoms with E-state index < -0.39 is 0 Å². The molecule has 0 N–H and O–H groups in total. The molecule has 0 aromatic carbocycles. The Bertz CT molecular complexity index is 221. The van der Waals surface area contributed by atoms with E-state index in [0.29, 0.717) is 11.5 Å². The highest BCUT2D eigenvalue weighted by Crippen LogP contribution is 2.19. The molecule has 18 heavy (non-hydrogen) atoms. The minimum Gasteiger partial charge on any atom is -0.369 e. The van der Waals surface area contributed by atoms with Gasteiger partial charge in [0.2, 0.25) is 0 Å². The van der Waals surface area contributed by atoms with Crippen molar-refractivity contribution >= 4 is 0 Å². The van der Waals surface area contributed by atoms with Crippen molar-refractivity contribution in [3.8, 4) is 0 Å². The Morgan fingerprint density at radius 3 is 1.94 bits per heavy atom. The molecule has 0 radical (unpaired) electrons. The fraction of sp³-hybridized carbons (Fsp3) is 0.882. The zero-order valence-corrected chi connectivity index (χ0v) is 13.7. The van der Waals surface area contributed by atoms with Crippen molar-refractivity contribution in [1.82, 2.24) is 0 Å². The molecule has 0 aliphatic heterocycles. The van der Waals surface area contributed by atoms with Crippen molar-refractivity contribution in [3.63, 3.8) is 0 Å². The van der Waals surface area contributed by atoms with Crippen LogP contribution >= 0.6 is 0 Å². The zero-order chi connectivity index (χ0) is 14.2. The highest BCUT2D eigenvalue weighted by molar-refractivity contribution is 4.92. The molecular weight excluding hydrogens is 220 g/mol. The Balaban J connectivity index is 0.000000494.